The highest BCUT2D eigenvalue weighted by atomic mass is 32.2. The molecule has 0 bridgehead atoms. The fourth-order valence-electron chi connectivity index (χ4n) is 2.68. The van der Waals surface area contributed by atoms with Gasteiger partial charge in [-0.3, -0.25) is 9.20 Å². The van der Waals surface area contributed by atoms with Crippen LogP contribution in [0.4, 0.5) is 0 Å². The number of rotatable bonds is 4. The molecular weight excluding hydrogens is 324 g/mol. The molecule has 2 heterocycles. The SMILES string of the molecule is COc1ccc2c(C)cc3nnc(SC(C)C(=O)N(C)C)n3c2c1. The molecule has 0 aliphatic rings. The third-order valence-corrected chi connectivity index (χ3v) is 4.98. The van der Waals surface area contributed by atoms with E-state index in [-0.39, 0.29) is 11.2 Å². The quantitative estimate of drug-likeness (QED) is 0.681. The van der Waals surface area contributed by atoms with Crippen molar-refractivity contribution in [3.8, 4) is 5.75 Å². The van der Waals surface area contributed by atoms with Crippen molar-refractivity contribution >= 4 is 34.2 Å². The molecule has 2 aromatic heterocycles. The lowest BCUT2D eigenvalue weighted by atomic mass is 10.1. The number of amides is 1. The maximum atomic E-state index is 12.2. The summed E-state index contributed by atoms with van der Waals surface area (Å²) in [6.45, 7) is 3.93. The molecule has 24 heavy (non-hydrogen) atoms. The van der Waals surface area contributed by atoms with Crippen molar-refractivity contribution in [1.29, 1.82) is 0 Å². The van der Waals surface area contributed by atoms with Gasteiger partial charge in [0.2, 0.25) is 5.91 Å². The van der Waals surface area contributed by atoms with Gasteiger partial charge >= 0.3 is 0 Å². The molecule has 0 fully saturated rings. The van der Waals surface area contributed by atoms with E-state index in [2.05, 4.69) is 17.1 Å². The van der Waals surface area contributed by atoms with Crippen molar-refractivity contribution in [3.05, 3.63) is 29.8 Å². The van der Waals surface area contributed by atoms with E-state index >= 15 is 0 Å². The van der Waals surface area contributed by atoms with Crippen LogP contribution >= 0.6 is 11.8 Å². The summed E-state index contributed by atoms with van der Waals surface area (Å²) in [4.78, 5) is 13.7. The standard InChI is InChI=1S/C17H20N4O2S/c1-10-8-15-18-19-17(24-11(2)16(22)20(3)4)21(15)14-9-12(23-5)6-7-13(10)14/h6-9,11H,1-5H3. The number of methoxy groups -OCH3 is 1. The van der Waals surface area contributed by atoms with E-state index < -0.39 is 0 Å². The summed E-state index contributed by atoms with van der Waals surface area (Å²) in [5.74, 6) is 0.821. The van der Waals surface area contributed by atoms with E-state index in [1.54, 1.807) is 26.1 Å². The fourth-order valence-corrected chi connectivity index (χ4v) is 3.69. The fraction of sp³-hybridized carbons (Fsp3) is 0.353. The monoisotopic (exact) mass is 344 g/mol. The van der Waals surface area contributed by atoms with E-state index in [1.165, 1.54) is 11.8 Å². The van der Waals surface area contributed by atoms with Crippen LogP contribution in [0.15, 0.2) is 29.4 Å². The number of fused-ring (bicyclic) bond motifs is 3. The van der Waals surface area contributed by atoms with Crippen molar-refractivity contribution in [2.45, 2.75) is 24.3 Å². The van der Waals surface area contributed by atoms with E-state index in [0.717, 1.165) is 27.9 Å². The lowest BCUT2D eigenvalue weighted by Crippen LogP contribution is -2.29. The predicted molar refractivity (Wildman–Crippen MR) is 95.8 cm³/mol. The molecule has 7 heteroatoms. The zero-order valence-electron chi connectivity index (χ0n) is 14.4. The van der Waals surface area contributed by atoms with E-state index in [4.69, 9.17) is 4.74 Å². The van der Waals surface area contributed by atoms with E-state index in [9.17, 15) is 4.79 Å². The van der Waals surface area contributed by atoms with Crippen molar-refractivity contribution in [3.63, 3.8) is 0 Å². The van der Waals surface area contributed by atoms with Gasteiger partial charge in [0.1, 0.15) is 5.75 Å². The van der Waals surface area contributed by atoms with Crippen LogP contribution in [0.1, 0.15) is 12.5 Å². The first-order valence-electron chi connectivity index (χ1n) is 7.62. The Labute approximate surface area is 144 Å². The molecule has 3 aromatic rings. The van der Waals surface area contributed by atoms with Gasteiger partial charge in [-0.25, -0.2) is 0 Å². The van der Waals surface area contributed by atoms with Crippen LogP contribution in [0.5, 0.6) is 5.75 Å². The smallest absolute Gasteiger partial charge is 0.235 e. The highest BCUT2D eigenvalue weighted by molar-refractivity contribution is 8.00. The summed E-state index contributed by atoms with van der Waals surface area (Å²) in [6, 6.07) is 7.95. The molecule has 0 radical (unpaired) electrons. The molecular formula is C17H20N4O2S. The zero-order valence-corrected chi connectivity index (χ0v) is 15.2. The summed E-state index contributed by atoms with van der Waals surface area (Å²) in [6.07, 6.45) is 0. The molecule has 0 aliphatic carbocycles. The normalized spacial score (nSPS) is 12.5. The highest BCUT2D eigenvalue weighted by Crippen LogP contribution is 2.30. The number of pyridine rings is 1. The molecule has 3 rings (SSSR count). The van der Waals surface area contributed by atoms with Gasteiger partial charge in [-0.15, -0.1) is 10.2 Å². The van der Waals surface area contributed by atoms with Crippen LogP contribution in [-0.2, 0) is 4.79 Å². The van der Waals surface area contributed by atoms with Crippen molar-refractivity contribution in [2.24, 2.45) is 0 Å². The number of aryl methyl sites for hydroxylation is 1. The number of hydrogen-bond acceptors (Lipinski definition) is 5. The summed E-state index contributed by atoms with van der Waals surface area (Å²) >= 11 is 1.41. The molecule has 0 N–H and O–H groups in total. The van der Waals surface area contributed by atoms with Crippen molar-refractivity contribution in [1.82, 2.24) is 19.5 Å². The van der Waals surface area contributed by atoms with Gasteiger partial charge in [0.15, 0.2) is 10.8 Å². The van der Waals surface area contributed by atoms with Gasteiger partial charge in [-0.05, 0) is 37.6 Å². The second kappa shape index (κ2) is 6.32. The van der Waals surface area contributed by atoms with Crippen molar-refractivity contribution < 1.29 is 9.53 Å². The Hall–Kier alpha value is -2.28. The molecule has 0 saturated carbocycles. The largest absolute Gasteiger partial charge is 0.497 e. The first-order valence-corrected chi connectivity index (χ1v) is 8.50. The summed E-state index contributed by atoms with van der Waals surface area (Å²) in [5.41, 5.74) is 2.86. The Morgan fingerprint density at radius 1 is 1.29 bits per heavy atom. The third kappa shape index (κ3) is 2.80. The van der Waals surface area contributed by atoms with Crippen LogP contribution < -0.4 is 4.74 Å². The number of nitrogens with zero attached hydrogens (tertiary/aromatic N) is 4. The van der Waals surface area contributed by atoms with Crippen molar-refractivity contribution in [2.75, 3.05) is 21.2 Å². The summed E-state index contributed by atoms with van der Waals surface area (Å²) in [7, 11) is 5.16. The summed E-state index contributed by atoms with van der Waals surface area (Å²) < 4.78 is 7.34. The van der Waals surface area contributed by atoms with Gasteiger partial charge < -0.3 is 9.64 Å². The Kier molecular flexibility index (Phi) is 4.36. The average molecular weight is 344 g/mol. The molecule has 1 unspecified atom stereocenters. The average Bonchev–Trinajstić information content (AvgIpc) is 2.96. The number of thioether (sulfide) groups is 1. The Balaban J connectivity index is 2.16. The first-order chi connectivity index (χ1) is 11.4. The Morgan fingerprint density at radius 2 is 2.04 bits per heavy atom. The molecule has 6 nitrogen and oxygen atoms in total. The minimum absolute atomic E-state index is 0.0470. The van der Waals surface area contributed by atoms with Crippen LogP contribution in [0.2, 0.25) is 0 Å². The van der Waals surface area contributed by atoms with Gasteiger partial charge in [0, 0.05) is 25.5 Å². The van der Waals surface area contributed by atoms with Crippen LogP contribution in [-0.4, -0.2) is 51.9 Å². The van der Waals surface area contributed by atoms with Crippen LogP contribution in [0.25, 0.3) is 16.6 Å². The first kappa shape index (κ1) is 16.6. The lowest BCUT2D eigenvalue weighted by molar-refractivity contribution is -0.127. The number of hydrogen-bond donors (Lipinski definition) is 0. The Bertz CT molecular complexity index is 920. The van der Waals surface area contributed by atoms with Crippen LogP contribution in [0, 0.1) is 6.92 Å². The molecule has 0 spiro atoms. The molecule has 0 aliphatic heterocycles. The number of benzene rings is 1. The molecule has 126 valence electrons. The van der Waals surface area contributed by atoms with Crippen LogP contribution in [0.3, 0.4) is 0 Å². The Morgan fingerprint density at radius 3 is 2.71 bits per heavy atom. The summed E-state index contributed by atoms with van der Waals surface area (Å²) in [5, 5.41) is 10.1. The molecule has 0 saturated heterocycles. The zero-order chi connectivity index (χ0) is 17.4. The minimum atomic E-state index is -0.241. The van der Waals surface area contributed by atoms with E-state index in [0.29, 0.717) is 5.16 Å². The molecule has 1 amide bonds. The highest BCUT2D eigenvalue weighted by Gasteiger charge is 2.20. The number of ether oxygens (including phenoxy) is 1. The minimum Gasteiger partial charge on any atom is -0.497 e. The second-order valence-corrected chi connectivity index (χ2v) is 7.19. The van der Waals surface area contributed by atoms with Gasteiger partial charge in [-0.2, -0.15) is 0 Å². The number of carbonyl (C=O) groups is 1. The second-order valence-electron chi connectivity index (χ2n) is 5.88. The predicted octanol–water partition coefficient (Wildman–Crippen LogP) is 2.77. The number of aromatic nitrogens is 3. The van der Waals surface area contributed by atoms with Gasteiger partial charge in [0.25, 0.3) is 0 Å². The molecule has 1 aromatic carbocycles. The van der Waals surface area contributed by atoms with E-state index in [1.807, 2.05) is 35.6 Å². The maximum absolute atomic E-state index is 12.2. The lowest BCUT2D eigenvalue weighted by Gasteiger charge is -2.16. The number of carbonyl (C=O) groups excluding carboxylic acids is 1. The topological polar surface area (TPSA) is 59.7 Å². The third-order valence-electron chi connectivity index (χ3n) is 3.95. The van der Waals surface area contributed by atoms with Gasteiger partial charge in [0.05, 0.1) is 17.9 Å². The van der Waals surface area contributed by atoms with Gasteiger partial charge in [-0.1, -0.05) is 11.8 Å². The molecule has 1 atom stereocenters. The maximum Gasteiger partial charge on any atom is 0.235 e.